The standard InChI is InChI=1S/C25H33BO4Si/c1-6-17-25(22(28-5)21(27)23(26)30-25)18-29-31(24(2,3)4,19-13-9-7-10-14-19)20-15-11-8-12-16-20/h1,7-16,21-23,27H,17-18,26H2,2-5H3/t21-,22+,23-,25-/m1/s1. The molecule has 1 N–H and O–H groups in total. The summed E-state index contributed by atoms with van der Waals surface area (Å²) in [6, 6.07) is 20.5. The number of ether oxygens (including phenoxy) is 2. The maximum atomic E-state index is 10.7. The van der Waals surface area contributed by atoms with Crippen molar-refractivity contribution in [2.45, 2.75) is 56.0 Å². The third kappa shape index (κ3) is 4.26. The molecule has 1 aliphatic heterocycles. The van der Waals surface area contributed by atoms with E-state index in [0.29, 0.717) is 6.42 Å². The summed E-state index contributed by atoms with van der Waals surface area (Å²) >= 11 is 0. The molecule has 1 aliphatic rings. The predicted molar refractivity (Wildman–Crippen MR) is 130 cm³/mol. The molecule has 1 saturated heterocycles. The lowest BCUT2D eigenvalue weighted by Crippen LogP contribution is -2.68. The average Bonchev–Trinajstić information content (AvgIpc) is 2.98. The minimum absolute atomic E-state index is 0.168. The van der Waals surface area contributed by atoms with Crippen LogP contribution in [0.1, 0.15) is 27.2 Å². The summed E-state index contributed by atoms with van der Waals surface area (Å²) in [4.78, 5) is 0. The van der Waals surface area contributed by atoms with E-state index in [1.165, 1.54) is 10.4 Å². The van der Waals surface area contributed by atoms with Gasteiger partial charge in [0.1, 0.15) is 25.7 Å². The van der Waals surface area contributed by atoms with Crippen molar-refractivity contribution >= 4 is 26.5 Å². The first kappa shape index (κ1) is 23.8. The Morgan fingerprint density at radius 1 is 1.10 bits per heavy atom. The minimum atomic E-state index is -2.77. The molecular formula is C25H33BO4Si. The highest BCUT2D eigenvalue weighted by molar-refractivity contribution is 6.99. The van der Waals surface area contributed by atoms with Crippen molar-refractivity contribution in [3.8, 4) is 12.3 Å². The first-order valence-electron chi connectivity index (χ1n) is 10.8. The molecule has 0 bridgehead atoms. The van der Waals surface area contributed by atoms with Gasteiger partial charge in [0.2, 0.25) is 0 Å². The van der Waals surface area contributed by atoms with E-state index in [2.05, 4.69) is 75.2 Å². The van der Waals surface area contributed by atoms with Gasteiger partial charge in [0.15, 0.2) is 0 Å². The summed E-state index contributed by atoms with van der Waals surface area (Å²) in [5.41, 5.74) is -0.907. The summed E-state index contributed by atoms with van der Waals surface area (Å²) in [6.45, 7) is 6.93. The number of hydrogen-bond acceptors (Lipinski definition) is 4. The third-order valence-electron chi connectivity index (χ3n) is 6.34. The van der Waals surface area contributed by atoms with Crippen molar-refractivity contribution in [2.24, 2.45) is 0 Å². The second kappa shape index (κ2) is 9.32. The fourth-order valence-electron chi connectivity index (χ4n) is 4.89. The molecule has 164 valence electrons. The van der Waals surface area contributed by atoms with E-state index in [1.54, 1.807) is 7.11 Å². The number of aliphatic hydroxyl groups is 1. The second-order valence-corrected chi connectivity index (χ2v) is 13.7. The van der Waals surface area contributed by atoms with Crippen molar-refractivity contribution < 1.29 is 19.0 Å². The van der Waals surface area contributed by atoms with Crippen molar-refractivity contribution in [1.82, 2.24) is 0 Å². The fraction of sp³-hybridized carbons (Fsp3) is 0.440. The molecule has 1 heterocycles. The van der Waals surface area contributed by atoms with E-state index in [-0.39, 0.29) is 17.6 Å². The molecule has 0 aromatic heterocycles. The second-order valence-electron chi connectivity index (χ2n) is 9.37. The van der Waals surface area contributed by atoms with Crippen molar-refractivity contribution in [1.29, 1.82) is 0 Å². The number of aliphatic hydroxyl groups excluding tert-OH is 1. The number of rotatable bonds is 7. The monoisotopic (exact) mass is 436 g/mol. The normalized spacial score (nSPS) is 26.5. The largest absolute Gasteiger partial charge is 0.404 e. The number of benzene rings is 2. The molecule has 4 atom stereocenters. The average molecular weight is 436 g/mol. The van der Waals surface area contributed by atoms with Crippen LogP contribution in [-0.2, 0) is 13.9 Å². The predicted octanol–water partition coefficient (Wildman–Crippen LogP) is 1.69. The molecule has 0 amide bonds. The fourth-order valence-corrected chi connectivity index (χ4v) is 9.51. The van der Waals surface area contributed by atoms with Crippen LogP contribution in [0, 0.1) is 12.3 Å². The van der Waals surface area contributed by atoms with E-state index in [1.807, 2.05) is 20.0 Å². The van der Waals surface area contributed by atoms with Gasteiger partial charge in [-0.1, -0.05) is 81.4 Å². The van der Waals surface area contributed by atoms with Gasteiger partial charge >= 0.3 is 0 Å². The van der Waals surface area contributed by atoms with E-state index in [4.69, 9.17) is 20.3 Å². The Morgan fingerprint density at radius 2 is 1.61 bits per heavy atom. The van der Waals surface area contributed by atoms with Crippen molar-refractivity contribution in [3.05, 3.63) is 60.7 Å². The molecule has 2 aromatic rings. The Bertz CT molecular complexity index is 854. The maximum Gasteiger partial charge on any atom is 0.261 e. The summed E-state index contributed by atoms with van der Waals surface area (Å²) in [7, 11) is 0.667. The molecular weight excluding hydrogens is 403 g/mol. The topological polar surface area (TPSA) is 47.9 Å². The Hall–Kier alpha value is -1.88. The van der Waals surface area contributed by atoms with Crippen LogP contribution >= 0.6 is 0 Å². The molecule has 6 heteroatoms. The number of terminal acetylenes is 1. The summed E-state index contributed by atoms with van der Waals surface area (Å²) in [6.07, 6.45) is 4.71. The number of methoxy groups -OCH3 is 1. The first-order chi connectivity index (χ1) is 14.7. The molecule has 0 unspecified atom stereocenters. The van der Waals surface area contributed by atoms with Crippen LogP contribution in [0.15, 0.2) is 60.7 Å². The highest BCUT2D eigenvalue weighted by Gasteiger charge is 2.57. The summed E-state index contributed by atoms with van der Waals surface area (Å²) in [5.74, 6) is 2.73. The van der Waals surface area contributed by atoms with Crippen LogP contribution in [0.4, 0.5) is 0 Å². The van der Waals surface area contributed by atoms with Gasteiger partial charge in [-0.3, -0.25) is 0 Å². The van der Waals surface area contributed by atoms with Gasteiger partial charge in [-0.15, -0.1) is 12.3 Å². The third-order valence-corrected chi connectivity index (χ3v) is 11.3. The molecule has 3 rings (SSSR count). The molecule has 0 saturated carbocycles. The van der Waals surface area contributed by atoms with Crippen LogP contribution in [0.3, 0.4) is 0 Å². The van der Waals surface area contributed by atoms with E-state index < -0.39 is 26.1 Å². The molecule has 4 nitrogen and oxygen atoms in total. The van der Waals surface area contributed by atoms with Crippen LogP contribution in [0.5, 0.6) is 0 Å². The SMILES string of the molecule is B[C@@H]1O[C@](CC#C)(CO[Si](c2ccccc2)(c2ccccc2)C(C)(C)C)[C@@H](OC)[C@H]1O. The first-order valence-corrected chi connectivity index (χ1v) is 12.7. The van der Waals surface area contributed by atoms with Gasteiger partial charge in [0.05, 0.1) is 12.6 Å². The lowest BCUT2D eigenvalue weighted by Gasteiger charge is -2.45. The van der Waals surface area contributed by atoms with Gasteiger partial charge in [0.25, 0.3) is 8.32 Å². The van der Waals surface area contributed by atoms with Gasteiger partial charge < -0.3 is 19.0 Å². The van der Waals surface area contributed by atoms with Crippen molar-refractivity contribution in [2.75, 3.05) is 13.7 Å². The van der Waals surface area contributed by atoms with Crippen LogP contribution in [0.2, 0.25) is 5.04 Å². The van der Waals surface area contributed by atoms with Gasteiger partial charge in [0, 0.05) is 13.5 Å². The molecule has 1 fully saturated rings. The highest BCUT2D eigenvalue weighted by atomic mass is 28.4. The lowest BCUT2D eigenvalue weighted by atomic mass is 9.88. The highest BCUT2D eigenvalue weighted by Crippen LogP contribution is 2.40. The molecule has 0 spiro atoms. The smallest absolute Gasteiger partial charge is 0.261 e. The van der Waals surface area contributed by atoms with Gasteiger partial charge in [-0.05, 0) is 15.4 Å². The Kier molecular flexibility index (Phi) is 7.15. The van der Waals surface area contributed by atoms with Gasteiger partial charge in [-0.25, -0.2) is 0 Å². The van der Waals surface area contributed by atoms with E-state index in [0.717, 1.165) is 0 Å². The van der Waals surface area contributed by atoms with E-state index in [9.17, 15) is 5.11 Å². The lowest BCUT2D eigenvalue weighted by molar-refractivity contribution is -0.105. The molecule has 0 aliphatic carbocycles. The molecule has 31 heavy (non-hydrogen) atoms. The zero-order chi connectivity index (χ0) is 22.7. The summed E-state index contributed by atoms with van der Waals surface area (Å²) in [5, 5.41) is 12.9. The van der Waals surface area contributed by atoms with E-state index >= 15 is 0 Å². The van der Waals surface area contributed by atoms with Gasteiger partial charge in [-0.2, -0.15) is 0 Å². The minimum Gasteiger partial charge on any atom is -0.404 e. The van der Waals surface area contributed by atoms with Crippen LogP contribution in [0.25, 0.3) is 0 Å². The maximum absolute atomic E-state index is 10.7. The Morgan fingerprint density at radius 3 is 2.03 bits per heavy atom. The zero-order valence-corrected chi connectivity index (χ0v) is 20.2. The summed E-state index contributed by atoms with van der Waals surface area (Å²) < 4.78 is 19.0. The zero-order valence-electron chi connectivity index (χ0n) is 19.2. The van der Waals surface area contributed by atoms with Crippen molar-refractivity contribution in [3.63, 3.8) is 0 Å². The Labute approximate surface area is 188 Å². The Balaban J connectivity index is 2.12. The molecule has 0 radical (unpaired) electrons. The molecule has 2 aromatic carbocycles. The quantitative estimate of drug-likeness (QED) is 0.530. The number of hydrogen-bond donors (Lipinski definition) is 1. The van der Waals surface area contributed by atoms with Crippen LogP contribution < -0.4 is 10.4 Å². The van der Waals surface area contributed by atoms with Crippen LogP contribution in [-0.4, -0.2) is 58.8 Å².